The van der Waals surface area contributed by atoms with Crippen LogP contribution in [-0.2, 0) is 5.41 Å². The van der Waals surface area contributed by atoms with Crippen LogP contribution >= 0.6 is 15.9 Å². The molecule has 0 aromatic heterocycles. The Bertz CT molecular complexity index is 286. The second kappa shape index (κ2) is 7.08. The highest BCUT2D eigenvalue weighted by Crippen LogP contribution is 2.29. The van der Waals surface area contributed by atoms with Gasteiger partial charge in [-0.15, -0.1) is 0 Å². The molecule has 1 nitrogen and oxygen atoms in total. The maximum Gasteiger partial charge on any atom is 0.0525 e. The molecule has 0 saturated carbocycles. The molecular formula is C14H21BrO. The van der Waals surface area contributed by atoms with Gasteiger partial charge in [-0.25, -0.2) is 0 Å². The van der Waals surface area contributed by atoms with Crippen LogP contribution in [0.3, 0.4) is 0 Å². The smallest absolute Gasteiger partial charge is 0.0525 e. The van der Waals surface area contributed by atoms with Crippen LogP contribution < -0.4 is 0 Å². The molecule has 0 saturated heterocycles. The molecule has 0 heterocycles. The Labute approximate surface area is 107 Å². The Kier molecular flexibility index (Phi) is 6.07. The van der Waals surface area contributed by atoms with Crippen LogP contribution in [0.2, 0.25) is 0 Å². The fourth-order valence-electron chi connectivity index (χ4n) is 1.94. The summed E-state index contributed by atoms with van der Waals surface area (Å²) in [6, 6.07) is 10.3. The van der Waals surface area contributed by atoms with Crippen molar-refractivity contribution in [3.63, 3.8) is 0 Å². The minimum atomic E-state index is -0.0758. The molecule has 1 atom stereocenters. The Hall–Kier alpha value is -0.340. The summed E-state index contributed by atoms with van der Waals surface area (Å²) < 4.78 is 0. The third-order valence-corrected chi connectivity index (χ3v) is 3.74. The number of aliphatic hydroxyl groups is 1. The molecule has 2 heteroatoms. The number of rotatable bonds is 7. The summed E-state index contributed by atoms with van der Waals surface area (Å²) >= 11 is 3.44. The van der Waals surface area contributed by atoms with Crippen LogP contribution in [0.1, 0.15) is 38.2 Å². The minimum absolute atomic E-state index is 0.0758. The Morgan fingerprint density at radius 2 is 1.81 bits per heavy atom. The van der Waals surface area contributed by atoms with Gasteiger partial charge in [-0.2, -0.15) is 0 Å². The summed E-state index contributed by atoms with van der Waals surface area (Å²) in [5.41, 5.74) is 1.17. The average molecular weight is 285 g/mol. The molecule has 1 N–H and O–H groups in total. The molecule has 0 aliphatic rings. The maximum atomic E-state index is 9.59. The molecular weight excluding hydrogens is 264 g/mol. The fraction of sp³-hybridized carbons (Fsp3) is 0.571. The van der Waals surface area contributed by atoms with Crippen molar-refractivity contribution in [1.82, 2.24) is 0 Å². The van der Waals surface area contributed by atoms with Gasteiger partial charge in [0.15, 0.2) is 0 Å². The lowest BCUT2D eigenvalue weighted by Crippen LogP contribution is -2.26. The molecule has 16 heavy (non-hydrogen) atoms. The van der Waals surface area contributed by atoms with Crippen LogP contribution in [0.25, 0.3) is 0 Å². The molecule has 1 rings (SSSR count). The van der Waals surface area contributed by atoms with Crippen molar-refractivity contribution in [3.05, 3.63) is 35.9 Å². The first-order valence-electron chi connectivity index (χ1n) is 5.95. The Balaban J connectivity index is 2.56. The van der Waals surface area contributed by atoms with Crippen LogP contribution in [0, 0.1) is 0 Å². The van der Waals surface area contributed by atoms with E-state index in [-0.39, 0.29) is 12.0 Å². The van der Waals surface area contributed by atoms with E-state index in [2.05, 4.69) is 35.0 Å². The SMILES string of the molecule is C[C@](CO)(CCCCCBr)c1ccccc1. The molecule has 1 aromatic rings. The van der Waals surface area contributed by atoms with E-state index < -0.39 is 0 Å². The highest BCUT2D eigenvalue weighted by atomic mass is 79.9. The molecule has 0 amide bonds. The Morgan fingerprint density at radius 1 is 1.12 bits per heavy atom. The second-order valence-corrected chi connectivity index (χ2v) is 5.38. The zero-order chi connectivity index (χ0) is 11.9. The van der Waals surface area contributed by atoms with E-state index in [1.807, 2.05) is 18.2 Å². The van der Waals surface area contributed by atoms with Gasteiger partial charge in [0, 0.05) is 10.7 Å². The van der Waals surface area contributed by atoms with Gasteiger partial charge in [-0.3, -0.25) is 0 Å². The van der Waals surface area contributed by atoms with Crippen molar-refractivity contribution in [3.8, 4) is 0 Å². The maximum absolute atomic E-state index is 9.59. The standard InChI is InChI=1S/C14H21BrO/c1-14(12-16,10-6-3-7-11-15)13-8-4-2-5-9-13/h2,4-5,8-9,16H,3,6-7,10-12H2,1H3/t14-/m1/s1. The van der Waals surface area contributed by atoms with Crippen molar-refractivity contribution in [1.29, 1.82) is 0 Å². The summed E-state index contributed by atoms with van der Waals surface area (Å²) in [5, 5.41) is 10.7. The lowest BCUT2D eigenvalue weighted by atomic mass is 9.79. The molecule has 0 spiro atoms. The summed E-state index contributed by atoms with van der Waals surface area (Å²) in [4.78, 5) is 0. The van der Waals surface area contributed by atoms with E-state index in [0.717, 1.165) is 11.8 Å². The van der Waals surface area contributed by atoms with Crippen molar-refractivity contribution in [2.45, 2.75) is 38.0 Å². The fourth-order valence-corrected chi connectivity index (χ4v) is 2.34. The lowest BCUT2D eigenvalue weighted by molar-refractivity contribution is 0.193. The van der Waals surface area contributed by atoms with E-state index in [1.54, 1.807) is 0 Å². The van der Waals surface area contributed by atoms with E-state index in [4.69, 9.17) is 0 Å². The third-order valence-electron chi connectivity index (χ3n) is 3.18. The number of halogens is 1. The number of benzene rings is 1. The van der Waals surface area contributed by atoms with Crippen molar-refractivity contribution < 1.29 is 5.11 Å². The molecule has 90 valence electrons. The number of unbranched alkanes of at least 4 members (excludes halogenated alkanes) is 2. The molecule has 0 aliphatic heterocycles. The van der Waals surface area contributed by atoms with E-state index in [0.29, 0.717) is 0 Å². The Morgan fingerprint density at radius 3 is 2.38 bits per heavy atom. The molecule has 0 aliphatic carbocycles. The number of hydrogen-bond acceptors (Lipinski definition) is 1. The quantitative estimate of drug-likeness (QED) is 0.595. The minimum Gasteiger partial charge on any atom is -0.395 e. The van der Waals surface area contributed by atoms with Crippen LogP contribution in [-0.4, -0.2) is 17.0 Å². The van der Waals surface area contributed by atoms with Crippen molar-refractivity contribution in [2.24, 2.45) is 0 Å². The van der Waals surface area contributed by atoms with Crippen molar-refractivity contribution in [2.75, 3.05) is 11.9 Å². The monoisotopic (exact) mass is 284 g/mol. The van der Waals surface area contributed by atoms with Crippen molar-refractivity contribution >= 4 is 15.9 Å². The first-order chi connectivity index (χ1) is 7.73. The van der Waals surface area contributed by atoms with Gasteiger partial charge in [0.1, 0.15) is 0 Å². The number of alkyl halides is 1. The van der Waals surface area contributed by atoms with Gasteiger partial charge in [0.05, 0.1) is 6.61 Å². The van der Waals surface area contributed by atoms with Gasteiger partial charge in [0.25, 0.3) is 0 Å². The zero-order valence-corrected chi connectivity index (χ0v) is 11.5. The van der Waals surface area contributed by atoms with E-state index >= 15 is 0 Å². The predicted octanol–water partition coefficient (Wildman–Crippen LogP) is 3.89. The summed E-state index contributed by atoms with van der Waals surface area (Å²) in [6.07, 6.45) is 4.68. The highest BCUT2D eigenvalue weighted by molar-refractivity contribution is 9.09. The van der Waals surface area contributed by atoms with Crippen LogP contribution in [0.4, 0.5) is 0 Å². The van der Waals surface area contributed by atoms with Gasteiger partial charge < -0.3 is 5.11 Å². The second-order valence-electron chi connectivity index (χ2n) is 4.58. The van der Waals surface area contributed by atoms with Crippen LogP contribution in [0.15, 0.2) is 30.3 Å². The predicted molar refractivity (Wildman–Crippen MR) is 73.1 cm³/mol. The summed E-state index contributed by atoms with van der Waals surface area (Å²) in [5.74, 6) is 0. The van der Waals surface area contributed by atoms with E-state index in [9.17, 15) is 5.11 Å². The number of aliphatic hydroxyl groups excluding tert-OH is 1. The van der Waals surface area contributed by atoms with Gasteiger partial charge in [0.2, 0.25) is 0 Å². The number of hydrogen-bond donors (Lipinski definition) is 1. The normalized spacial score (nSPS) is 14.7. The topological polar surface area (TPSA) is 20.2 Å². The van der Waals surface area contributed by atoms with Gasteiger partial charge in [-0.1, -0.05) is 66.0 Å². The molecule has 0 fully saturated rings. The third kappa shape index (κ3) is 3.91. The molecule has 0 unspecified atom stereocenters. The lowest BCUT2D eigenvalue weighted by Gasteiger charge is -2.28. The largest absolute Gasteiger partial charge is 0.395 e. The van der Waals surface area contributed by atoms with Gasteiger partial charge >= 0.3 is 0 Å². The zero-order valence-electron chi connectivity index (χ0n) is 9.95. The molecule has 0 radical (unpaired) electrons. The molecule has 0 bridgehead atoms. The van der Waals surface area contributed by atoms with E-state index in [1.165, 1.54) is 24.8 Å². The molecule has 1 aromatic carbocycles. The highest BCUT2D eigenvalue weighted by Gasteiger charge is 2.24. The van der Waals surface area contributed by atoms with Crippen LogP contribution in [0.5, 0.6) is 0 Å². The first-order valence-corrected chi connectivity index (χ1v) is 7.07. The average Bonchev–Trinajstić information content (AvgIpc) is 2.35. The van der Waals surface area contributed by atoms with Gasteiger partial charge in [-0.05, 0) is 18.4 Å². The first kappa shape index (κ1) is 13.7. The summed E-state index contributed by atoms with van der Waals surface area (Å²) in [6.45, 7) is 2.38. The summed E-state index contributed by atoms with van der Waals surface area (Å²) in [7, 11) is 0.